The molecule has 0 saturated carbocycles. The number of aryl methyl sites for hydroxylation is 1. The van der Waals surface area contributed by atoms with Crippen molar-refractivity contribution < 1.29 is 9.26 Å². The molecule has 0 amide bonds. The van der Waals surface area contributed by atoms with Crippen molar-refractivity contribution in [2.75, 3.05) is 12.4 Å². The normalized spacial score (nSPS) is 10.1. The van der Waals surface area contributed by atoms with E-state index in [1.54, 1.807) is 19.5 Å². The maximum Gasteiger partial charge on any atom is 0.223 e. The van der Waals surface area contributed by atoms with Gasteiger partial charge < -0.3 is 14.6 Å². The SMILES string of the molecule is COc1cnc(NCc2cc(C)on2)nc1. The van der Waals surface area contributed by atoms with Crippen molar-refractivity contribution >= 4 is 5.95 Å². The summed E-state index contributed by atoms with van der Waals surface area (Å²) < 4.78 is 9.89. The first-order valence-corrected chi connectivity index (χ1v) is 4.80. The first-order chi connectivity index (χ1) is 7.78. The van der Waals surface area contributed by atoms with Crippen LogP contribution in [0.15, 0.2) is 23.0 Å². The monoisotopic (exact) mass is 220 g/mol. The van der Waals surface area contributed by atoms with E-state index in [1.165, 1.54) is 0 Å². The van der Waals surface area contributed by atoms with Crippen LogP contribution in [0.5, 0.6) is 5.75 Å². The van der Waals surface area contributed by atoms with Gasteiger partial charge in [-0.2, -0.15) is 0 Å². The molecular formula is C10H12N4O2. The number of rotatable bonds is 4. The van der Waals surface area contributed by atoms with Gasteiger partial charge in [0.25, 0.3) is 0 Å². The predicted octanol–water partition coefficient (Wildman–Crippen LogP) is 1.39. The van der Waals surface area contributed by atoms with Crippen molar-refractivity contribution in [3.8, 4) is 5.75 Å². The summed E-state index contributed by atoms with van der Waals surface area (Å²) in [7, 11) is 1.57. The molecule has 0 aliphatic heterocycles. The van der Waals surface area contributed by atoms with Crippen molar-refractivity contribution in [1.82, 2.24) is 15.1 Å². The third kappa shape index (κ3) is 2.47. The summed E-state index contributed by atoms with van der Waals surface area (Å²) in [5, 5.41) is 6.87. The van der Waals surface area contributed by atoms with Gasteiger partial charge in [-0.05, 0) is 6.92 Å². The summed E-state index contributed by atoms with van der Waals surface area (Å²) in [4.78, 5) is 8.13. The van der Waals surface area contributed by atoms with Gasteiger partial charge in [-0.3, -0.25) is 0 Å². The van der Waals surface area contributed by atoms with E-state index in [9.17, 15) is 0 Å². The molecule has 2 aromatic heterocycles. The third-order valence-corrected chi connectivity index (χ3v) is 1.97. The minimum atomic E-state index is 0.529. The highest BCUT2D eigenvalue weighted by molar-refractivity contribution is 5.27. The maximum atomic E-state index is 4.96. The van der Waals surface area contributed by atoms with Crippen LogP contribution >= 0.6 is 0 Å². The van der Waals surface area contributed by atoms with Crippen LogP contribution in [0.1, 0.15) is 11.5 Å². The Balaban J connectivity index is 1.94. The van der Waals surface area contributed by atoms with Crippen LogP contribution in [0.25, 0.3) is 0 Å². The summed E-state index contributed by atoms with van der Waals surface area (Å²) in [5.41, 5.74) is 0.817. The first kappa shape index (κ1) is 10.4. The Morgan fingerprint density at radius 2 is 2.12 bits per heavy atom. The molecule has 0 saturated heterocycles. The number of hydrogen-bond donors (Lipinski definition) is 1. The Bertz CT molecular complexity index is 452. The second kappa shape index (κ2) is 4.61. The molecule has 0 fully saturated rings. The van der Waals surface area contributed by atoms with Crippen LogP contribution in [0.3, 0.4) is 0 Å². The molecule has 0 bridgehead atoms. The quantitative estimate of drug-likeness (QED) is 0.839. The van der Waals surface area contributed by atoms with Gasteiger partial charge in [-0.15, -0.1) is 0 Å². The summed E-state index contributed by atoms with van der Waals surface area (Å²) in [6.07, 6.45) is 3.20. The number of aromatic nitrogens is 3. The van der Waals surface area contributed by atoms with Crippen LogP contribution in [-0.2, 0) is 6.54 Å². The summed E-state index contributed by atoms with van der Waals surface area (Å²) >= 11 is 0. The van der Waals surface area contributed by atoms with Gasteiger partial charge in [0, 0.05) is 6.07 Å². The Morgan fingerprint density at radius 3 is 2.69 bits per heavy atom. The van der Waals surface area contributed by atoms with Crippen LogP contribution < -0.4 is 10.1 Å². The van der Waals surface area contributed by atoms with Crippen molar-refractivity contribution in [2.24, 2.45) is 0 Å². The smallest absolute Gasteiger partial charge is 0.223 e. The topological polar surface area (TPSA) is 73.1 Å². The fourth-order valence-electron chi connectivity index (χ4n) is 1.18. The lowest BCUT2D eigenvalue weighted by atomic mass is 10.4. The largest absolute Gasteiger partial charge is 0.494 e. The summed E-state index contributed by atoms with van der Waals surface area (Å²) in [6, 6.07) is 1.86. The molecule has 0 aliphatic rings. The van der Waals surface area contributed by atoms with E-state index in [0.29, 0.717) is 18.2 Å². The Morgan fingerprint density at radius 1 is 1.38 bits per heavy atom. The van der Waals surface area contributed by atoms with Crippen LogP contribution in [0, 0.1) is 6.92 Å². The highest BCUT2D eigenvalue weighted by Crippen LogP contribution is 2.08. The van der Waals surface area contributed by atoms with Gasteiger partial charge >= 0.3 is 0 Å². The predicted molar refractivity (Wildman–Crippen MR) is 57.2 cm³/mol. The van der Waals surface area contributed by atoms with Crippen molar-refractivity contribution in [2.45, 2.75) is 13.5 Å². The van der Waals surface area contributed by atoms with Crippen LogP contribution in [0.4, 0.5) is 5.95 Å². The van der Waals surface area contributed by atoms with Crippen molar-refractivity contribution in [1.29, 1.82) is 0 Å². The lowest BCUT2D eigenvalue weighted by Gasteiger charge is -2.02. The molecule has 16 heavy (non-hydrogen) atoms. The molecule has 0 unspecified atom stereocenters. The molecule has 1 N–H and O–H groups in total. The Hall–Kier alpha value is -2.11. The number of anilines is 1. The molecule has 0 radical (unpaired) electrons. The van der Waals surface area contributed by atoms with Gasteiger partial charge in [0.15, 0.2) is 5.75 Å². The van der Waals surface area contributed by atoms with Crippen LogP contribution in [-0.4, -0.2) is 22.2 Å². The molecular weight excluding hydrogens is 208 g/mol. The molecule has 2 rings (SSSR count). The van der Waals surface area contributed by atoms with E-state index in [4.69, 9.17) is 9.26 Å². The van der Waals surface area contributed by atoms with Crippen LogP contribution in [0.2, 0.25) is 0 Å². The maximum absolute atomic E-state index is 4.96. The van der Waals surface area contributed by atoms with Gasteiger partial charge in [-0.1, -0.05) is 5.16 Å². The van der Waals surface area contributed by atoms with E-state index >= 15 is 0 Å². The second-order valence-corrected chi connectivity index (χ2v) is 3.23. The molecule has 6 nitrogen and oxygen atoms in total. The molecule has 0 spiro atoms. The summed E-state index contributed by atoms with van der Waals surface area (Å²) in [5.74, 6) is 1.94. The minimum absolute atomic E-state index is 0.529. The fourth-order valence-corrected chi connectivity index (χ4v) is 1.18. The number of nitrogens with zero attached hydrogens (tertiary/aromatic N) is 3. The lowest BCUT2D eigenvalue weighted by molar-refractivity contribution is 0.391. The number of hydrogen-bond acceptors (Lipinski definition) is 6. The second-order valence-electron chi connectivity index (χ2n) is 3.23. The van der Waals surface area contributed by atoms with E-state index in [-0.39, 0.29) is 0 Å². The minimum Gasteiger partial charge on any atom is -0.494 e. The van der Waals surface area contributed by atoms with Gasteiger partial charge in [-0.25, -0.2) is 9.97 Å². The van der Waals surface area contributed by atoms with E-state index in [2.05, 4.69) is 20.4 Å². The third-order valence-electron chi connectivity index (χ3n) is 1.97. The Labute approximate surface area is 92.7 Å². The standard InChI is InChI=1S/C10H12N4O2/c1-7-3-8(14-16-7)4-11-10-12-5-9(15-2)6-13-10/h3,5-6H,4H2,1-2H3,(H,11,12,13). The zero-order valence-corrected chi connectivity index (χ0v) is 9.10. The molecule has 0 atom stereocenters. The zero-order valence-electron chi connectivity index (χ0n) is 9.10. The lowest BCUT2D eigenvalue weighted by Crippen LogP contribution is -2.03. The zero-order chi connectivity index (χ0) is 11.4. The number of methoxy groups -OCH3 is 1. The van der Waals surface area contributed by atoms with Crippen molar-refractivity contribution in [3.63, 3.8) is 0 Å². The molecule has 84 valence electrons. The van der Waals surface area contributed by atoms with Gasteiger partial charge in [0.1, 0.15) is 11.5 Å². The molecule has 2 heterocycles. The molecule has 0 aliphatic carbocycles. The molecule has 2 aromatic rings. The molecule has 0 aromatic carbocycles. The van der Waals surface area contributed by atoms with E-state index < -0.39 is 0 Å². The average Bonchev–Trinajstić information content (AvgIpc) is 2.73. The first-order valence-electron chi connectivity index (χ1n) is 4.80. The highest BCUT2D eigenvalue weighted by Gasteiger charge is 2.01. The van der Waals surface area contributed by atoms with Gasteiger partial charge in [0.05, 0.1) is 26.0 Å². The summed E-state index contributed by atoms with van der Waals surface area (Å²) in [6.45, 7) is 2.38. The fraction of sp³-hybridized carbons (Fsp3) is 0.300. The van der Waals surface area contributed by atoms with Gasteiger partial charge in [0.2, 0.25) is 5.95 Å². The Kier molecular flexibility index (Phi) is 3.00. The average molecular weight is 220 g/mol. The number of nitrogens with one attached hydrogen (secondary N) is 1. The van der Waals surface area contributed by atoms with Crippen molar-refractivity contribution in [3.05, 3.63) is 29.9 Å². The van der Waals surface area contributed by atoms with E-state index in [1.807, 2.05) is 13.0 Å². The number of ether oxygens (including phenoxy) is 1. The highest BCUT2D eigenvalue weighted by atomic mass is 16.5. The van der Waals surface area contributed by atoms with E-state index in [0.717, 1.165) is 11.5 Å². The molecule has 6 heteroatoms.